The molecule has 1 N–H and O–H groups in total. The maximum atomic E-state index is 12.6. The SMILES string of the molecule is C=C(/C=C\C(=C/C)C(=O)NCC1(c2ccc(C)cc2)CCCC1)CC.CC.CC=NC. The van der Waals surface area contributed by atoms with Crippen LogP contribution in [0.5, 0.6) is 0 Å². The van der Waals surface area contributed by atoms with Crippen LogP contribution in [0.15, 0.2) is 65.2 Å². The molecule has 0 radical (unpaired) electrons. The van der Waals surface area contributed by atoms with Crippen LogP contribution in [0.3, 0.4) is 0 Å². The third-order valence-electron chi connectivity index (χ3n) is 5.60. The van der Waals surface area contributed by atoms with Gasteiger partial charge in [0.25, 0.3) is 5.91 Å². The van der Waals surface area contributed by atoms with Gasteiger partial charge in [0.2, 0.25) is 0 Å². The Balaban J connectivity index is 0.00000134. The first-order valence-corrected chi connectivity index (χ1v) is 11.7. The third-order valence-corrected chi connectivity index (χ3v) is 5.60. The van der Waals surface area contributed by atoms with Crippen molar-refractivity contribution in [2.24, 2.45) is 4.99 Å². The number of carbonyl (C=O) groups is 1. The van der Waals surface area contributed by atoms with Gasteiger partial charge in [-0.05, 0) is 57.9 Å². The number of allylic oxidation sites excluding steroid dienone is 3. The van der Waals surface area contributed by atoms with Crippen molar-refractivity contribution in [1.82, 2.24) is 5.32 Å². The minimum absolute atomic E-state index is 0.000963. The van der Waals surface area contributed by atoms with E-state index in [4.69, 9.17) is 0 Å². The summed E-state index contributed by atoms with van der Waals surface area (Å²) in [5.41, 5.74) is 4.44. The van der Waals surface area contributed by atoms with Crippen LogP contribution in [0.2, 0.25) is 0 Å². The summed E-state index contributed by atoms with van der Waals surface area (Å²) in [6, 6.07) is 8.81. The smallest absolute Gasteiger partial charge is 0.250 e. The molecule has 0 heterocycles. The fourth-order valence-corrected chi connectivity index (χ4v) is 3.51. The molecule has 0 saturated heterocycles. The van der Waals surface area contributed by atoms with Gasteiger partial charge < -0.3 is 10.3 Å². The van der Waals surface area contributed by atoms with Crippen LogP contribution in [-0.2, 0) is 10.2 Å². The van der Waals surface area contributed by atoms with E-state index < -0.39 is 0 Å². The van der Waals surface area contributed by atoms with Gasteiger partial charge in [0, 0.05) is 24.6 Å². The summed E-state index contributed by atoms with van der Waals surface area (Å²) in [6.07, 6.45) is 13.1. The highest BCUT2D eigenvalue weighted by molar-refractivity contribution is 5.96. The highest BCUT2D eigenvalue weighted by Gasteiger charge is 2.35. The van der Waals surface area contributed by atoms with Gasteiger partial charge in [-0.15, -0.1) is 0 Å². The average Bonchev–Trinajstić information content (AvgIpc) is 3.30. The van der Waals surface area contributed by atoms with Crippen molar-refractivity contribution in [2.45, 2.75) is 79.1 Å². The van der Waals surface area contributed by atoms with Crippen molar-refractivity contribution in [3.05, 3.63) is 71.3 Å². The molecule has 0 aromatic heterocycles. The third kappa shape index (κ3) is 9.95. The molecule has 3 heteroatoms. The molecule has 1 saturated carbocycles. The van der Waals surface area contributed by atoms with Crippen LogP contribution >= 0.6 is 0 Å². The van der Waals surface area contributed by atoms with Gasteiger partial charge in [-0.3, -0.25) is 4.79 Å². The largest absolute Gasteiger partial charge is 0.351 e. The van der Waals surface area contributed by atoms with Gasteiger partial charge >= 0.3 is 0 Å². The minimum Gasteiger partial charge on any atom is -0.351 e. The number of rotatable bonds is 7. The Labute approximate surface area is 191 Å². The molecule has 1 aromatic rings. The first-order chi connectivity index (χ1) is 14.9. The highest BCUT2D eigenvalue weighted by atomic mass is 16.1. The lowest BCUT2D eigenvalue weighted by Gasteiger charge is -2.30. The van der Waals surface area contributed by atoms with Crippen LogP contribution in [0.25, 0.3) is 0 Å². The molecule has 172 valence electrons. The van der Waals surface area contributed by atoms with Crippen molar-refractivity contribution in [1.29, 1.82) is 0 Å². The Hall–Kier alpha value is -2.42. The van der Waals surface area contributed by atoms with Crippen molar-refractivity contribution >= 4 is 12.1 Å². The lowest BCUT2D eigenvalue weighted by Crippen LogP contribution is -2.39. The Morgan fingerprint density at radius 2 is 1.68 bits per heavy atom. The molecule has 0 atom stereocenters. The van der Waals surface area contributed by atoms with E-state index in [0.717, 1.165) is 24.8 Å². The van der Waals surface area contributed by atoms with Gasteiger partial charge in [-0.2, -0.15) is 0 Å². The number of carbonyl (C=O) groups excluding carboxylic acids is 1. The minimum atomic E-state index is 0.000963. The van der Waals surface area contributed by atoms with Gasteiger partial charge in [-0.25, -0.2) is 0 Å². The lowest BCUT2D eigenvalue weighted by atomic mass is 9.78. The normalized spacial score (nSPS) is 15.1. The fourth-order valence-electron chi connectivity index (χ4n) is 3.51. The molecule has 0 bridgehead atoms. The molecular formula is C28H44N2O. The predicted molar refractivity (Wildman–Crippen MR) is 138 cm³/mol. The highest BCUT2D eigenvalue weighted by Crippen LogP contribution is 2.40. The van der Waals surface area contributed by atoms with E-state index in [-0.39, 0.29) is 11.3 Å². The van der Waals surface area contributed by atoms with Crippen molar-refractivity contribution < 1.29 is 4.79 Å². The summed E-state index contributed by atoms with van der Waals surface area (Å²) in [7, 11) is 1.75. The molecule has 1 aliphatic carbocycles. The summed E-state index contributed by atoms with van der Waals surface area (Å²) in [6.45, 7) is 16.6. The molecule has 31 heavy (non-hydrogen) atoms. The van der Waals surface area contributed by atoms with Gasteiger partial charge in [0.05, 0.1) is 0 Å². The van der Waals surface area contributed by atoms with Gasteiger partial charge in [0.1, 0.15) is 0 Å². The number of benzene rings is 1. The van der Waals surface area contributed by atoms with Crippen molar-refractivity contribution in [3.63, 3.8) is 0 Å². The van der Waals surface area contributed by atoms with Crippen LogP contribution in [0.1, 0.15) is 77.8 Å². The Morgan fingerprint density at radius 3 is 2.13 bits per heavy atom. The predicted octanol–water partition coefficient (Wildman–Crippen LogP) is 7.12. The Kier molecular flexibility index (Phi) is 15.0. The van der Waals surface area contributed by atoms with Crippen LogP contribution in [-0.4, -0.2) is 25.7 Å². The summed E-state index contributed by atoms with van der Waals surface area (Å²) in [5, 5.41) is 3.18. The standard InChI is InChI=1S/C23H31NO.C3H7N.C2H6/c1-5-18(3)9-12-20(6-2)22(25)24-17-23(15-7-8-16-23)21-13-10-19(4)11-14-21;1-3-4-2;1-2/h6,9-14H,3,5,7-8,15-17H2,1-2,4H3,(H,24,25);3H,1-2H3;1-2H3/b12-9-,20-6+;;. The van der Waals surface area contributed by atoms with E-state index in [9.17, 15) is 4.79 Å². The van der Waals surface area contributed by atoms with E-state index >= 15 is 0 Å². The summed E-state index contributed by atoms with van der Waals surface area (Å²) in [5.74, 6) is 0.000963. The molecular weight excluding hydrogens is 380 g/mol. The van der Waals surface area contributed by atoms with E-state index in [1.165, 1.54) is 24.0 Å². The van der Waals surface area contributed by atoms with Crippen LogP contribution in [0, 0.1) is 6.92 Å². The zero-order valence-corrected chi connectivity index (χ0v) is 20.9. The topological polar surface area (TPSA) is 41.5 Å². The Morgan fingerprint density at radius 1 is 1.13 bits per heavy atom. The van der Waals surface area contributed by atoms with Crippen molar-refractivity contribution in [3.8, 4) is 0 Å². The molecule has 1 aromatic carbocycles. The monoisotopic (exact) mass is 424 g/mol. The van der Waals surface area contributed by atoms with Crippen LogP contribution < -0.4 is 5.32 Å². The molecule has 0 spiro atoms. The maximum absolute atomic E-state index is 12.6. The average molecular weight is 425 g/mol. The number of nitrogens with zero attached hydrogens (tertiary/aromatic N) is 1. The lowest BCUT2D eigenvalue weighted by molar-refractivity contribution is -0.117. The second kappa shape index (κ2) is 16.3. The molecule has 1 amide bonds. The molecule has 2 rings (SSSR count). The first-order valence-electron chi connectivity index (χ1n) is 11.7. The van der Waals surface area contributed by atoms with E-state index in [0.29, 0.717) is 12.1 Å². The number of aryl methyl sites for hydroxylation is 1. The summed E-state index contributed by atoms with van der Waals surface area (Å²) < 4.78 is 0. The van der Waals surface area contributed by atoms with Gasteiger partial charge in [0.15, 0.2) is 0 Å². The number of amides is 1. The Bertz CT molecular complexity index is 729. The second-order valence-corrected chi connectivity index (χ2v) is 7.64. The quantitative estimate of drug-likeness (QED) is 0.282. The molecule has 3 nitrogen and oxygen atoms in total. The molecule has 0 unspecified atom stereocenters. The molecule has 1 aliphatic rings. The zero-order chi connectivity index (χ0) is 23.7. The molecule has 0 aliphatic heterocycles. The maximum Gasteiger partial charge on any atom is 0.250 e. The number of nitrogens with one attached hydrogen (secondary N) is 1. The number of hydrogen-bond donors (Lipinski definition) is 1. The van der Waals surface area contributed by atoms with Gasteiger partial charge in [-0.1, -0.05) is 87.7 Å². The summed E-state index contributed by atoms with van der Waals surface area (Å²) >= 11 is 0. The van der Waals surface area contributed by atoms with E-state index in [2.05, 4.69) is 55.0 Å². The molecule has 1 fully saturated rings. The van der Waals surface area contributed by atoms with E-state index in [1.807, 2.05) is 45.9 Å². The summed E-state index contributed by atoms with van der Waals surface area (Å²) in [4.78, 5) is 16.2. The first kappa shape index (κ1) is 28.6. The fraction of sp³-hybridized carbons (Fsp3) is 0.500. The zero-order valence-electron chi connectivity index (χ0n) is 20.9. The number of hydrogen-bond acceptors (Lipinski definition) is 2. The van der Waals surface area contributed by atoms with Crippen LogP contribution in [0.4, 0.5) is 0 Å². The number of aliphatic imine (C=N–C) groups is 1. The second-order valence-electron chi connectivity index (χ2n) is 7.64. The van der Waals surface area contributed by atoms with Crippen molar-refractivity contribution in [2.75, 3.05) is 13.6 Å². The van der Waals surface area contributed by atoms with E-state index in [1.54, 1.807) is 13.3 Å².